The molecule has 15 heavy (non-hydrogen) atoms. The summed E-state index contributed by atoms with van der Waals surface area (Å²) < 4.78 is 4.84. The van der Waals surface area contributed by atoms with Crippen LogP contribution in [0.2, 0.25) is 0 Å². The van der Waals surface area contributed by atoms with Gasteiger partial charge in [-0.25, -0.2) is 4.79 Å². The summed E-state index contributed by atoms with van der Waals surface area (Å²) in [5.41, 5.74) is -4.79. The van der Waals surface area contributed by atoms with Crippen LogP contribution in [0.1, 0.15) is 34.1 Å². The van der Waals surface area contributed by atoms with E-state index in [2.05, 4.69) is 0 Å². The van der Waals surface area contributed by atoms with Crippen molar-refractivity contribution in [3.05, 3.63) is 0 Å². The number of carbonyl (C=O) groups is 2. The minimum atomic E-state index is -1.88. The van der Waals surface area contributed by atoms with Crippen molar-refractivity contribution in [3.63, 3.8) is 0 Å². The Bertz CT molecular complexity index is 322. The highest BCUT2D eigenvalue weighted by atomic mass is 16.6. The molecule has 0 spiro atoms. The highest BCUT2D eigenvalue weighted by Gasteiger charge is 2.70. The number of carboxylic acid groups (broad SMARTS) is 1. The Morgan fingerprint density at radius 1 is 1.40 bits per heavy atom. The number of hydrogen-bond acceptors (Lipinski definition) is 4. The molecule has 0 aliphatic carbocycles. The van der Waals surface area contributed by atoms with Gasteiger partial charge in [0.25, 0.3) is 0 Å². The lowest BCUT2D eigenvalue weighted by Crippen LogP contribution is -2.58. The summed E-state index contributed by atoms with van der Waals surface area (Å²) in [5, 5.41) is 19.3. The zero-order valence-corrected chi connectivity index (χ0v) is 9.33. The largest absolute Gasteiger partial charge is 0.478 e. The molecule has 0 aromatic rings. The first-order chi connectivity index (χ1) is 6.63. The predicted octanol–water partition coefficient (Wildman–Crippen LogP) is 0.554. The Balaban J connectivity index is 3.34. The number of aliphatic carboxylic acids is 1. The van der Waals surface area contributed by atoms with Crippen molar-refractivity contribution >= 4 is 11.9 Å². The van der Waals surface area contributed by atoms with E-state index in [0.29, 0.717) is 6.42 Å². The average Bonchev–Trinajstić information content (AvgIpc) is 2.26. The number of cyclic esters (lactones) is 1. The van der Waals surface area contributed by atoms with E-state index in [1.165, 1.54) is 20.8 Å². The van der Waals surface area contributed by atoms with Crippen LogP contribution in [0.4, 0.5) is 0 Å². The van der Waals surface area contributed by atoms with Crippen LogP contribution in [0, 0.1) is 5.41 Å². The molecule has 0 saturated carbocycles. The molecule has 3 atom stereocenters. The van der Waals surface area contributed by atoms with Crippen molar-refractivity contribution in [3.8, 4) is 0 Å². The van der Waals surface area contributed by atoms with Crippen molar-refractivity contribution in [2.45, 2.75) is 45.3 Å². The van der Waals surface area contributed by atoms with Crippen LogP contribution >= 0.6 is 0 Å². The van der Waals surface area contributed by atoms with Crippen LogP contribution in [-0.4, -0.2) is 33.4 Å². The zero-order chi connectivity index (χ0) is 12.1. The molecule has 0 aromatic heterocycles. The molecule has 1 heterocycles. The minimum Gasteiger partial charge on any atom is -0.478 e. The van der Waals surface area contributed by atoms with E-state index in [1.807, 2.05) is 0 Å². The standard InChI is InChI=1S/C10H16O5/c1-5-8(2)7(13)15-9(3,6(11)12)10(8,4)14/h14H,5H2,1-4H3,(H,11,12). The third kappa shape index (κ3) is 1.13. The molecule has 1 saturated heterocycles. The van der Waals surface area contributed by atoms with Crippen LogP contribution < -0.4 is 0 Å². The fourth-order valence-corrected chi connectivity index (χ4v) is 1.86. The molecule has 0 radical (unpaired) electrons. The van der Waals surface area contributed by atoms with Crippen molar-refractivity contribution < 1.29 is 24.5 Å². The van der Waals surface area contributed by atoms with Gasteiger partial charge in [0.05, 0.1) is 5.41 Å². The van der Waals surface area contributed by atoms with Crippen LogP contribution in [0.25, 0.3) is 0 Å². The fourth-order valence-electron chi connectivity index (χ4n) is 1.86. The predicted molar refractivity (Wildman–Crippen MR) is 51.2 cm³/mol. The first-order valence-electron chi connectivity index (χ1n) is 4.82. The second-order valence-corrected chi connectivity index (χ2v) is 4.49. The SMILES string of the molecule is CCC1(C)C(=O)OC(C)(C(=O)O)C1(C)O. The first kappa shape index (κ1) is 12.0. The molecule has 1 aliphatic rings. The van der Waals surface area contributed by atoms with E-state index in [1.54, 1.807) is 6.92 Å². The maximum atomic E-state index is 11.6. The van der Waals surface area contributed by atoms with Gasteiger partial charge >= 0.3 is 11.9 Å². The molecule has 0 amide bonds. The van der Waals surface area contributed by atoms with Crippen molar-refractivity contribution in [2.75, 3.05) is 0 Å². The number of esters is 1. The fraction of sp³-hybridized carbons (Fsp3) is 0.800. The monoisotopic (exact) mass is 216 g/mol. The highest BCUT2D eigenvalue weighted by molar-refractivity contribution is 5.91. The number of hydrogen-bond donors (Lipinski definition) is 2. The Hall–Kier alpha value is -1.10. The van der Waals surface area contributed by atoms with Gasteiger partial charge in [0.1, 0.15) is 5.60 Å². The lowest BCUT2D eigenvalue weighted by Gasteiger charge is -2.37. The summed E-state index contributed by atoms with van der Waals surface area (Å²) in [5.74, 6) is -2.00. The molecule has 0 aromatic carbocycles. The van der Waals surface area contributed by atoms with Crippen LogP contribution in [0.5, 0.6) is 0 Å². The number of rotatable bonds is 2. The average molecular weight is 216 g/mol. The molecular formula is C10H16O5. The van der Waals surface area contributed by atoms with E-state index < -0.39 is 28.6 Å². The van der Waals surface area contributed by atoms with Gasteiger partial charge in [-0.3, -0.25) is 4.79 Å². The second kappa shape index (κ2) is 2.95. The number of carbonyl (C=O) groups excluding carboxylic acids is 1. The number of ether oxygens (including phenoxy) is 1. The molecule has 0 bridgehead atoms. The minimum absolute atomic E-state index is 0.321. The van der Waals surface area contributed by atoms with E-state index in [4.69, 9.17) is 9.84 Å². The molecule has 1 rings (SSSR count). The van der Waals surface area contributed by atoms with Gasteiger partial charge in [-0.15, -0.1) is 0 Å². The quantitative estimate of drug-likeness (QED) is 0.659. The van der Waals surface area contributed by atoms with Gasteiger partial charge in [-0.2, -0.15) is 0 Å². The molecular weight excluding hydrogens is 200 g/mol. The van der Waals surface area contributed by atoms with Crippen LogP contribution in [0.3, 0.4) is 0 Å². The van der Waals surface area contributed by atoms with E-state index >= 15 is 0 Å². The Labute approximate surface area is 88.0 Å². The van der Waals surface area contributed by atoms with Gasteiger partial charge in [-0.1, -0.05) is 6.92 Å². The van der Waals surface area contributed by atoms with Gasteiger partial charge in [-0.05, 0) is 27.2 Å². The molecule has 86 valence electrons. The molecule has 1 fully saturated rings. The Morgan fingerprint density at radius 3 is 2.07 bits per heavy atom. The van der Waals surface area contributed by atoms with Crippen molar-refractivity contribution in [1.82, 2.24) is 0 Å². The first-order valence-corrected chi connectivity index (χ1v) is 4.82. The molecule has 2 N–H and O–H groups in total. The van der Waals surface area contributed by atoms with Gasteiger partial charge in [0.15, 0.2) is 0 Å². The lowest BCUT2D eigenvalue weighted by atomic mass is 9.67. The smallest absolute Gasteiger partial charge is 0.350 e. The van der Waals surface area contributed by atoms with E-state index in [0.717, 1.165) is 0 Å². The lowest BCUT2D eigenvalue weighted by molar-refractivity contribution is -0.183. The summed E-state index contributed by atoms with van der Waals surface area (Å²) >= 11 is 0. The summed E-state index contributed by atoms with van der Waals surface area (Å²) in [6.45, 7) is 5.77. The number of carboxylic acids is 1. The zero-order valence-electron chi connectivity index (χ0n) is 9.33. The second-order valence-electron chi connectivity index (χ2n) is 4.49. The maximum absolute atomic E-state index is 11.6. The van der Waals surface area contributed by atoms with E-state index in [-0.39, 0.29) is 0 Å². The summed E-state index contributed by atoms with van der Waals surface area (Å²) in [7, 11) is 0. The topological polar surface area (TPSA) is 83.8 Å². The number of aliphatic hydroxyl groups is 1. The van der Waals surface area contributed by atoms with Crippen molar-refractivity contribution in [2.24, 2.45) is 5.41 Å². The van der Waals surface area contributed by atoms with Gasteiger partial charge in [0.2, 0.25) is 5.60 Å². The summed E-state index contributed by atoms with van der Waals surface area (Å²) in [4.78, 5) is 22.7. The summed E-state index contributed by atoms with van der Waals surface area (Å²) in [6.07, 6.45) is 0.321. The maximum Gasteiger partial charge on any atom is 0.350 e. The van der Waals surface area contributed by atoms with Crippen molar-refractivity contribution in [1.29, 1.82) is 0 Å². The third-order valence-corrected chi connectivity index (χ3v) is 3.87. The third-order valence-electron chi connectivity index (χ3n) is 3.87. The highest BCUT2D eigenvalue weighted by Crippen LogP contribution is 2.50. The van der Waals surface area contributed by atoms with Gasteiger partial charge in [0, 0.05) is 0 Å². The van der Waals surface area contributed by atoms with Crippen LogP contribution in [-0.2, 0) is 14.3 Å². The normalized spacial score (nSPS) is 45.3. The van der Waals surface area contributed by atoms with Gasteiger partial charge < -0.3 is 14.9 Å². The Morgan fingerprint density at radius 2 is 1.87 bits per heavy atom. The van der Waals surface area contributed by atoms with Crippen LogP contribution in [0.15, 0.2) is 0 Å². The van der Waals surface area contributed by atoms with E-state index in [9.17, 15) is 14.7 Å². The molecule has 1 aliphatic heterocycles. The molecule has 5 nitrogen and oxygen atoms in total. The Kier molecular flexibility index (Phi) is 2.35. The molecule has 5 heteroatoms. The summed E-state index contributed by atoms with van der Waals surface area (Å²) in [6, 6.07) is 0. The molecule has 3 unspecified atom stereocenters.